The number of aryl methyl sites for hydroxylation is 6. The summed E-state index contributed by atoms with van der Waals surface area (Å²) < 4.78 is 0. The molecule has 3 aliphatic rings. The lowest BCUT2D eigenvalue weighted by atomic mass is 9.93. The van der Waals surface area contributed by atoms with Crippen LogP contribution in [0.15, 0.2) is 100 Å². The van der Waals surface area contributed by atoms with Gasteiger partial charge in [-0.15, -0.1) is 0 Å². The number of hydrogen-bond donors (Lipinski definition) is 1. The molecule has 0 saturated carbocycles. The molecule has 6 heteroatoms. The molecule has 4 aromatic rings. The van der Waals surface area contributed by atoms with Gasteiger partial charge >= 0.3 is 0 Å². The largest absolute Gasteiger partial charge is 0.344 e. The Morgan fingerprint density at radius 3 is 1.47 bits per heavy atom. The number of rotatable bonds is 2. The van der Waals surface area contributed by atoms with Crippen molar-refractivity contribution in [2.45, 2.75) is 46.4 Å². The summed E-state index contributed by atoms with van der Waals surface area (Å²) in [6.07, 6.45) is 0. The van der Waals surface area contributed by atoms with E-state index in [-0.39, 0.29) is 4.83 Å². The Hall–Kier alpha value is -3.44. The minimum atomic E-state index is -0.253. The average molecular weight is 698 g/mol. The van der Waals surface area contributed by atoms with Crippen LogP contribution in [-0.4, -0.2) is 17.9 Å². The third-order valence-corrected chi connectivity index (χ3v) is 10.9. The van der Waals surface area contributed by atoms with E-state index >= 15 is 0 Å². The molecular formula is C39H36BrCl2N3. The van der Waals surface area contributed by atoms with Crippen molar-refractivity contribution >= 4 is 56.1 Å². The van der Waals surface area contributed by atoms with Crippen molar-refractivity contribution in [2.24, 2.45) is 0 Å². The molecule has 45 heavy (non-hydrogen) atoms. The zero-order valence-corrected chi connectivity index (χ0v) is 29.5. The molecule has 1 atom stereocenters. The van der Waals surface area contributed by atoms with Crippen LogP contribution in [0.1, 0.15) is 44.5 Å². The molecule has 1 N–H and O–H groups in total. The van der Waals surface area contributed by atoms with Crippen LogP contribution in [0.2, 0.25) is 0 Å². The first-order valence-electron chi connectivity index (χ1n) is 15.4. The molecule has 1 unspecified atom stereocenters. The van der Waals surface area contributed by atoms with E-state index in [1.165, 1.54) is 67.0 Å². The molecule has 1 saturated heterocycles. The normalized spacial score (nSPS) is 17.8. The number of alkyl halides is 1. The first kappa shape index (κ1) is 30.2. The van der Waals surface area contributed by atoms with E-state index < -0.39 is 0 Å². The Kier molecular flexibility index (Phi) is 7.67. The van der Waals surface area contributed by atoms with Gasteiger partial charge in [-0.25, -0.2) is 0 Å². The van der Waals surface area contributed by atoms with Crippen molar-refractivity contribution in [3.8, 4) is 11.1 Å². The van der Waals surface area contributed by atoms with Gasteiger partial charge < -0.3 is 15.1 Å². The van der Waals surface area contributed by atoms with Crippen molar-refractivity contribution in [1.29, 1.82) is 0 Å². The van der Waals surface area contributed by atoms with Crippen LogP contribution in [0.5, 0.6) is 0 Å². The van der Waals surface area contributed by atoms with Crippen LogP contribution in [-0.2, 0) is 0 Å². The van der Waals surface area contributed by atoms with Crippen LogP contribution in [0, 0.1) is 41.5 Å². The van der Waals surface area contributed by atoms with Gasteiger partial charge in [0, 0.05) is 30.0 Å². The maximum Gasteiger partial charge on any atom is 0.135 e. The van der Waals surface area contributed by atoms with Crippen LogP contribution in [0.4, 0.5) is 11.4 Å². The standard InChI is InChI=1S/C39H36BrCl2N3/c1-21-17-23(3)36(24(4)18-21)44-15-16-45(37-25(5)19-22(2)20-26(37)6)39(44)35-33(40)32(34(41)38(42)43-35)31-29-13-9-7-11-27(29)28-12-8-10-14-30(28)31/h7-14,17-20,33,43H,15-16H2,1-6H3. The average Bonchev–Trinajstić information content (AvgIpc) is 3.54. The number of nitrogens with zero attached hydrogens (tertiary/aromatic N) is 2. The monoisotopic (exact) mass is 695 g/mol. The topological polar surface area (TPSA) is 18.5 Å². The molecule has 2 heterocycles. The van der Waals surface area contributed by atoms with E-state index in [0.717, 1.165) is 35.8 Å². The summed E-state index contributed by atoms with van der Waals surface area (Å²) in [5.74, 6) is 1.09. The summed E-state index contributed by atoms with van der Waals surface area (Å²) in [5.41, 5.74) is 17.8. The van der Waals surface area contributed by atoms with Crippen molar-refractivity contribution in [2.75, 3.05) is 22.9 Å². The fourth-order valence-corrected chi connectivity index (χ4v) is 9.17. The molecule has 3 nitrogen and oxygen atoms in total. The molecule has 2 aliphatic heterocycles. The molecule has 7 rings (SSSR count). The number of allylic oxidation sites excluding steroid dienone is 2. The Morgan fingerprint density at radius 2 is 1.04 bits per heavy atom. The van der Waals surface area contributed by atoms with Gasteiger partial charge in [0.1, 0.15) is 11.0 Å². The number of anilines is 2. The minimum Gasteiger partial charge on any atom is -0.344 e. The number of benzene rings is 4. The van der Waals surface area contributed by atoms with Crippen molar-refractivity contribution in [3.05, 3.63) is 145 Å². The smallest absolute Gasteiger partial charge is 0.135 e. The fourth-order valence-electron chi connectivity index (χ4n) is 7.80. The van der Waals surface area contributed by atoms with Gasteiger partial charge in [0.2, 0.25) is 0 Å². The maximum atomic E-state index is 7.20. The molecule has 0 aromatic heterocycles. The molecule has 1 aliphatic carbocycles. The summed E-state index contributed by atoms with van der Waals surface area (Å²) in [6, 6.07) is 26.3. The number of nitrogens with one attached hydrogen (secondary N) is 1. The van der Waals surface area contributed by atoms with Crippen LogP contribution in [0.3, 0.4) is 0 Å². The zero-order chi connectivity index (χ0) is 31.7. The number of fused-ring (bicyclic) bond motifs is 3. The van der Waals surface area contributed by atoms with Gasteiger partial charge in [0.15, 0.2) is 0 Å². The number of halogens is 3. The van der Waals surface area contributed by atoms with Gasteiger partial charge in [-0.2, -0.15) is 0 Å². The first-order chi connectivity index (χ1) is 21.6. The second-order valence-corrected chi connectivity index (χ2v) is 14.2. The second kappa shape index (κ2) is 11.4. The van der Waals surface area contributed by atoms with Crippen molar-refractivity contribution < 1.29 is 0 Å². The van der Waals surface area contributed by atoms with Crippen LogP contribution < -0.4 is 15.1 Å². The highest BCUT2D eigenvalue weighted by atomic mass is 79.9. The zero-order valence-electron chi connectivity index (χ0n) is 26.4. The summed E-state index contributed by atoms with van der Waals surface area (Å²) in [7, 11) is 0. The molecular weight excluding hydrogens is 661 g/mol. The summed E-state index contributed by atoms with van der Waals surface area (Å²) in [5, 5.41) is 4.55. The Balaban J connectivity index is 1.53. The van der Waals surface area contributed by atoms with Crippen molar-refractivity contribution in [3.63, 3.8) is 0 Å². The molecule has 0 amide bonds. The van der Waals surface area contributed by atoms with Crippen LogP contribution >= 0.6 is 39.1 Å². The van der Waals surface area contributed by atoms with Gasteiger partial charge in [-0.05, 0) is 91.6 Å². The quantitative estimate of drug-likeness (QED) is 0.146. The highest BCUT2D eigenvalue weighted by molar-refractivity contribution is 9.09. The van der Waals surface area contributed by atoms with E-state index in [2.05, 4.69) is 145 Å². The third kappa shape index (κ3) is 4.85. The molecule has 4 aromatic carbocycles. The highest BCUT2D eigenvalue weighted by Gasteiger charge is 2.41. The predicted octanol–water partition coefficient (Wildman–Crippen LogP) is 10.5. The summed E-state index contributed by atoms with van der Waals surface area (Å²) in [4.78, 5) is 4.69. The lowest BCUT2D eigenvalue weighted by Crippen LogP contribution is -2.36. The Bertz CT molecular complexity index is 1840. The fraction of sp³-hybridized carbons (Fsp3) is 0.231. The molecule has 0 spiro atoms. The second-order valence-electron chi connectivity index (χ2n) is 12.5. The third-order valence-electron chi connectivity index (χ3n) is 9.24. The van der Waals surface area contributed by atoms with E-state index in [0.29, 0.717) is 10.2 Å². The van der Waals surface area contributed by atoms with E-state index in [4.69, 9.17) is 23.2 Å². The SMILES string of the molecule is Cc1cc(C)c(N2CCN(c3c(C)cc(C)cc3C)C2=C2NC(Cl)=C(Cl)C(=C3c4ccccc4-c4ccccc43)C2Br)c(C)c1. The highest BCUT2D eigenvalue weighted by Crippen LogP contribution is 2.52. The van der Waals surface area contributed by atoms with Gasteiger partial charge in [-0.1, -0.05) is 123 Å². The summed E-state index contributed by atoms with van der Waals surface area (Å²) >= 11 is 18.5. The van der Waals surface area contributed by atoms with Gasteiger partial charge in [-0.3, -0.25) is 0 Å². The lowest BCUT2D eigenvalue weighted by molar-refractivity contribution is 0.871. The van der Waals surface area contributed by atoms with E-state index in [1.54, 1.807) is 0 Å². The molecule has 228 valence electrons. The molecule has 1 fully saturated rings. The Morgan fingerprint density at radius 1 is 0.644 bits per heavy atom. The lowest BCUT2D eigenvalue weighted by Gasteiger charge is -2.36. The maximum absolute atomic E-state index is 7.20. The number of hydrogen-bond acceptors (Lipinski definition) is 3. The van der Waals surface area contributed by atoms with Gasteiger partial charge in [0.05, 0.1) is 15.6 Å². The Labute approximate surface area is 285 Å². The first-order valence-corrected chi connectivity index (χ1v) is 17.1. The van der Waals surface area contributed by atoms with Crippen LogP contribution in [0.25, 0.3) is 16.7 Å². The van der Waals surface area contributed by atoms with Crippen molar-refractivity contribution in [1.82, 2.24) is 5.32 Å². The summed E-state index contributed by atoms with van der Waals surface area (Å²) in [6.45, 7) is 14.9. The van der Waals surface area contributed by atoms with E-state index in [9.17, 15) is 0 Å². The van der Waals surface area contributed by atoms with E-state index in [1.807, 2.05) is 0 Å². The minimum absolute atomic E-state index is 0.253. The molecule has 0 radical (unpaired) electrons. The van der Waals surface area contributed by atoms with Gasteiger partial charge in [0.25, 0.3) is 0 Å². The predicted molar refractivity (Wildman–Crippen MR) is 196 cm³/mol. The molecule has 0 bridgehead atoms.